The van der Waals surface area contributed by atoms with Gasteiger partial charge in [-0.05, 0) is 30.7 Å². The predicted molar refractivity (Wildman–Crippen MR) is 55.3 cm³/mol. The maximum atomic E-state index is 12.8. The maximum absolute atomic E-state index is 12.8. The van der Waals surface area contributed by atoms with E-state index in [-0.39, 0.29) is 0 Å². The zero-order valence-electron chi connectivity index (χ0n) is 7.97. The lowest BCUT2D eigenvalue weighted by Crippen LogP contribution is -2.12. The van der Waals surface area contributed by atoms with Gasteiger partial charge in [0.05, 0.1) is 0 Å². The zero-order valence-corrected chi connectivity index (χ0v) is 8.78. The third-order valence-corrected chi connectivity index (χ3v) is 3.15. The zero-order chi connectivity index (χ0) is 10.6. The molecule has 14 heavy (non-hydrogen) atoms. The molecule has 1 unspecified atom stereocenters. The van der Waals surface area contributed by atoms with Gasteiger partial charge in [-0.15, -0.1) is 11.8 Å². The molecule has 2 N–H and O–H groups in total. The van der Waals surface area contributed by atoms with Gasteiger partial charge in [-0.25, -0.2) is 8.78 Å². The molecule has 1 rings (SSSR count). The van der Waals surface area contributed by atoms with Gasteiger partial charge in [-0.1, -0.05) is 6.92 Å². The summed E-state index contributed by atoms with van der Waals surface area (Å²) in [5.74, 6) is -0.397. The second-order valence-corrected chi connectivity index (χ2v) is 4.32. The number of benzene rings is 1. The summed E-state index contributed by atoms with van der Waals surface area (Å²) in [4.78, 5) is 0.740. The largest absolute Gasteiger partial charge is 0.330 e. The van der Waals surface area contributed by atoms with Crippen molar-refractivity contribution in [1.82, 2.24) is 0 Å². The monoisotopic (exact) mass is 217 g/mol. The van der Waals surface area contributed by atoms with Crippen LogP contribution in [0.25, 0.3) is 0 Å². The molecule has 0 heterocycles. The number of halogens is 2. The lowest BCUT2D eigenvalue weighted by atomic mass is 10.2. The molecule has 1 aromatic rings. The van der Waals surface area contributed by atoms with Crippen LogP contribution in [0.5, 0.6) is 0 Å². The van der Waals surface area contributed by atoms with Crippen LogP contribution in [0.15, 0.2) is 23.1 Å². The van der Waals surface area contributed by atoms with Gasteiger partial charge >= 0.3 is 0 Å². The van der Waals surface area contributed by atoms with Gasteiger partial charge < -0.3 is 5.73 Å². The SMILES string of the molecule is CC(CN)CSc1ccc(F)c(F)c1. The van der Waals surface area contributed by atoms with Crippen molar-refractivity contribution < 1.29 is 8.78 Å². The number of thioether (sulfide) groups is 1. The van der Waals surface area contributed by atoms with E-state index in [1.54, 1.807) is 6.07 Å². The fourth-order valence-electron chi connectivity index (χ4n) is 0.873. The van der Waals surface area contributed by atoms with Gasteiger partial charge in [-0.3, -0.25) is 0 Å². The van der Waals surface area contributed by atoms with Crippen LogP contribution in [0.4, 0.5) is 8.78 Å². The molecule has 0 bridgehead atoms. The Bertz CT molecular complexity index is 304. The van der Waals surface area contributed by atoms with Crippen molar-refractivity contribution in [2.75, 3.05) is 12.3 Å². The molecule has 0 fully saturated rings. The fourth-order valence-corrected chi connectivity index (χ4v) is 1.84. The van der Waals surface area contributed by atoms with Gasteiger partial charge in [-0.2, -0.15) is 0 Å². The van der Waals surface area contributed by atoms with Crippen LogP contribution in [0.2, 0.25) is 0 Å². The molecule has 1 nitrogen and oxygen atoms in total. The van der Waals surface area contributed by atoms with E-state index in [0.717, 1.165) is 16.7 Å². The van der Waals surface area contributed by atoms with Crippen LogP contribution >= 0.6 is 11.8 Å². The topological polar surface area (TPSA) is 26.0 Å². The van der Waals surface area contributed by atoms with Crippen LogP contribution in [0.3, 0.4) is 0 Å². The molecule has 4 heteroatoms. The summed E-state index contributed by atoms with van der Waals surface area (Å²) < 4.78 is 25.3. The van der Waals surface area contributed by atoms with E-state index >= 15 is 0 Å². The molecule has 0 saturated heterocycles. The second-order valence-electron chi connectivity index (χ2n) is 3.23. The standard InChI is InChI=1S/C10H13F2NS/c1-7(5-13)6-14-8-2-3-9(11)10(12)4-8/h2-4,7H,5-6,13H2,1H3. The molecule has 0 saturated carbocycles. The van der Waals surface area contributed by atoms with Crippen molar-refractivity contribution in [3.05, 3.63) is 29.8 Å². The summed E-state index contributed by atoms with van der Waals surface area (Å²) in [6.07, 6.45) is 0. The lowest BCUT2D eigenvalue weighted by molar-refractivity contribution is 0.506. The Morgan fingerprint density at radius 1 is 1.36 bits per heavy atom. The van der Waals surface area contributed by atoms with E-state index < -0.39 is 11.6 Å². The van der Waals surface area contributed by atoms with Crippen molar-refractivity contribution in [2.24, 2.45) is 11.7 Å². The molecule has 0 spiro atoms. The Labute approximate surface area is 86.7 Å². The fraction of sp³-hybridized carbons (Fsp3) is 0.400. The van der Waals surface area contributed by atoms with E-state index in [2.05, 4.69) is 0 Å². The van der Waals surface area contributed by atoms with Crippen molar-refractivity contribution in [2.45, 2.75) is 11.8 Å². The highest BCUT2D eigenvalue weighted by molar-refractivity contribution is 7.99. The van der Waals surface area contributed by atoms with Gasteiger partial charge in [0.25, 0.3) is 0 Å². The summed E-state index contributed by atoms with van der Waals surface area (Å²) >= 11 is 1.49. The van der Waals surface area contributed by atoms with Crippen LogP contribution < -0.4 is 5.73 Å². The molecule has 0 radical (unpaired) electrons. The molecular formula is C10H13F2NS. The van der Waals surface area contributed by atoms with Crippen molar-refractivity contribution in [1.29, 1.82) is 0 Å². The summed E-state index contributed by atoms with van der Waals surface area (Å²) in [5, 5.41) is 0. The van der Waals surface area contributed by atoms with Crippen molar-refractivity contribution in [3.8, 4) is 0 Å². The second kappa shape index (κ2) is 5.32. The maximum Gasteiger partial charge on any atom is 0.159 e. The van der Waals surface area contributed by atoms with Crippen LogP contribution in [0.1, 0.15) is 6.92 Å². The van der Waals surface area contributed by atoms with E-state index in [0.29, 0.717) is 12.5 Å². The van der Waals surface area contributed by atoms with Gasteiger partial charge in [0, 0.05) is 10.6 Å². The minimum Gasteiger partial charge on any atom is -0.330 e. The first-order valence-electron chi connectivity index (χ1n) is 4.41. The van der Waals surface area contributed by atoms with E-state index in [9.17, 15) is 8.78 Å². The number of rotatable bonds is 4. The Hall–Kier alpha value is -0.610. The normalized spacial score (nSPS) is 12.9. The van der Waals surface area contributed by atoms with E-state index in [1.807, 2.05) is 6.92 Å². The highest BCUT2D eigenvalue weighted by Gasteiger charge is 2.04. The number of hydrogen-bond acceptors (Lipinski definition) is 2. The van der Waals surface area contributed by atoms with Crippen molar-refractivity contribution >= 4 is 11.8 Å². The quantitative estimate of drug-likeness (QED) is 0.785. The summed E-state index contributed by atoms with van der Waals surface area (Å²) in [6.45, 7) is 2.63. The third-order valence-electron chi connectivity index (χ3n) is 1.83. The summed E-state index contributed by atoms with van der Waals surface area (Å²) in [5.41, 5.74) is 5.44. The molecule has 0 aliphatic rings. The van der Waals surface area contributed by atoms with Crippen LogP contribution in [-0.4, -0.2) is 12.3 Å². The molecule has 78 valence electrons. The lowest BCUT2D eigenvalue weighted by Gasteiger charge is -2.07. The molecular weight excluding hydrogens is 204 g/mol. The molecule has 0 amide bonds. The molecule has 1 atom stereocenters. The minimum atomic E-state index is -0.804. The van der Waals surface area contributed by atoms with Gasteiger partial charge in [0.1, 0.15) is 0 Å². The van der Waals surface area contributed by atoms with E-state index in [1.165, 1.54) is 17.8 Å². The molecule has 0 aromatic heterocycles. The van der Waals surface area contributed by atoms with Crippen LogP contribution in [0, 0.1) is 17.6 Å². The number of nitrogens with two attached hydrogens (primary N) is 1. The van der Waals surface area contributed by atoms with Crippen molar-refractivity contribution in [3.63, 3.8) is 0 Å². The Kier molecular flexibility index (Phi) is 4.35. The summed E-state index contributed by atoms with van der Waals surface area (Å²) in [6, 6.07) is 3.93. The van der Waals surface area contributed by atoms with Gasteiger partial charge in [0.2, 0.25) is 0 Å². The van der Waals surface area contributed by atoms with Gasteiger partial charge in [0.15, 0.2) is 11.6 Å². The predicted octanol–water partition coefficient (Wildman–Crippen LogP) is 2.65. The third kappa shape index (κ3) is 3.27. The minimum absolute atomic E-state index is 0.383. The summed E-state index contributed by atoms with van der Waals surface area (Å²) in [7, 11) is 0. The average molecular weight is 217 g/mol. The highest BCUT2D eigenvalue weighted by atomic mass is 32.2. The Balaban J connectivity index is 2.55. The molecule has 1 aromatic carbocycles. The molecule has 0 aliphatic heterocycles. The first-order chi connectivity index (χ1) is 6.63. The smallest absolute Gasteiger partial charge is 0.159 e. The average Bonchev–Trinajstić information content (AvgIpc) is 2.19. The Morgan fingerprint density at radius 2 is 2.07 bits per heavy atom. The Morgan fingerprint density at radius 3 is 2.64 bits per heavy atom. The molecule has 0 aliphatic carbocycles. The first kappa shape index (κ1) is 11.5. The highest BCUT2D eigenvalue weighted by Crippen LogP contribution is 2.22. The number of hydrogen-bond donors (Lipinski definition) is 1. The first-order valence-corrected chi connectivity index (χ1v) is 5.40. The van der Waals surface area contributed by atoms with Crippen LogP contribution in [-0.2, 0) is 0 Å². The van der Waals surface area contributed by atoms with E-state index in [4.69, 9.17) is 5.73 Å².